The van der Waals surface area contributed by atoms with Gasteiger partial charge in [0, 0.05) is 43.6 Å². The van der Waals surface area contributed by atoms with Gasteiger partial charge in [0.1, 0.15) is 5.60 Å². The first-order valence-electron chi connectivity index (χ1n) is 10.9. The van der Waals surface area contributed by atoms with Crippen LogP contribution in [0.3, 0.4) is 0 Å². The molecule has 1 atom stereocenters. The average Bonchev–Trinajstić information content (AvgIpc) is 2.74. The lowest BCUT2D eigenvalue weighted by Gasteiger charge is -2.38. The zero-order chi connectivity index (χ0) is 23.3. The number of carbonyl (C=O) groups excluding carboxylic acids is 2. The van der Waals surface area contributed by atoms with Crippen molar-refractivity contribution >= 4 is 23.5 Å². The Labute approximate surface area is 190 Å². The van der Waals surface area contributed by atoms with E-state index in [1.54, 1.807) is 11.1 Å². The van der Waals surface area contributed by atoms with Crippen LogP contribution in [0.4, 0.5) is 21.0 Å². The van der Waals surface area contributed by atoms with Gasteiger partial charge in [-0.25, -0.2) is 9.59 Å². The first-order valence-corrected chi connectivity index (χ1v) is 10.9. The smallest absolute Gasteiger partial charge is 0.410 e. The molecular formula is C24H33N5O3. The van der Waals surface area contributed by atoms with Gasteiger partial charge in [-0.15, -0.1) is 0 Å². The summed E-state index contributed by atoms with van der Waals surface area (Å²) in [6, 6.07) is 11.3. The van der Waals surface area contributed by atoms with Crippen molar-refractivity contribution < 1.29 is 14.3 Å². The van der Waals surface area contributed by atoms with Crippen molar-refractivity contribution in [1.29, 1.82) is 0 Å². The van der Waals surface area contributed by atoms with Gasteiger partial charge in [-0.1, -0.05) is 12.1 Å². The second kappa shape index (κ2) is 9.99. The molecule has 8 heteroatoms. The van der Waals surface area contributed by atoms with Gasteiger partial charge in [0.2, 0.25) is 0 Å². The summed E-state index contributed by atoms with van der Waals surface area (Å²) < 4.78 is 5.48. The number of ether oxygens (including phenoxy) is 1. The third kappa shape index (κ3) is 6.68. The number of amides is 3. The lowest BCUT2D eigenvalue weighted by Crippen LogP contribution is -2.50. The summed E-state index contributed by atoms with van der Waals surface area (Å²) in [4.78, 5) is 32.9. The van der Waals surface area contributed by atoms with Crippen molar-refractivity contribution in [1.82, 2.24) is 14.8 Å². The first-order chi connectivity index (χ1) is 15.1. The maximum Gasteiger partial charge on any atom is 0.410 e. The summed E-state index contributed by atoms with van der Waals surface area (Å²) >= 11 is 0. The van der Waals surface area contributed by atoms with E-state index in [1.807, 2.05) is 58.0 Å². The van der Waals surface area contributed by atoms with Crippen molar-refractivity contribution in [3.05, 3.63) is 53.9 Å². The monoisotopic (exact) mass is 439 g/mol. The Hall–Kier alpha value is -3.13. The fraction of sp³-hybridized carbons (Fsp3) is 0.458. The Balaban J connectivity index is 1.55. The number of nitrogens with zero attached hydrogens (tertiary/aromatic N) is 3. The maximum atomic E-state index is 12.3. The molecule has 0 radical (unpaired) electrons. The SMILES string of the molecule is Cc1ccc(NC(=O)Nc2cccc([C@H](C)N3CCN(C(=O)OC(C)(C)C)CC3)c2)cn1. The number of carbonyl (C=O) groups is 2. The number of piperazine rings is 1. The molecule has 0 saturated carbocycles. The van der Waals surface area contributed by atoms with Gasteiger partial charge < -0.3 is 20.3 Å². The van der Waals surface area contributed by atoms with Gasteiger partial charge in [0.15, 0.2) is 0 Å². The third-order valence-corrected chi connectivity index (χ3v) is 5.31. The second-order valence-electron chi connectivity index (χ2n) is 9.07. The topological polar surface area (TPSA) is 86.8 Å². The van der Waals surface area contributed by atoms with Crippen LogP contribution in [0.2, 0.25) is 0 Å². The summed E-state index contributed by atoms with van der Waals surface area (Å²) in [6.45, 7) is 12.5. The fourth-order valence-corrected chi connectivity index (χ4v) is 3.54. The molecule has 172 valence electrons. The number of pyridine rings is 1. The molecule has 0 bridgehead atoms. The highest BCUT2D eigenvalue weighted by Gasteiger charge is 2.28. The zero-order valence-corrected chi connectivity index (χ0v) is 19.5. The number of hydrogen-bond donors (Lipinski definition) is 2. The molecule has 8 nitrogen and oxygen atoms in total. The van der Waals surface area contributed by atoms with Crippen LogP contribution in [0, 0.1) is 6.92 Å². The van der Waals surface area contributed by atoms with Crippen LogP contribution in [-0.4, -0.2) is 58.7 Å². The molecule has 32 heavy (non-hydrogen) atoms. The lowest BCUT2D eigenvalue weighted by molar-refractivity contribution is 0.0110. The third-order valence-electron chi connectivity index (χ3n) is 5.31. The number of urea groups is 1. The number of aryl methyl sites for hydroxylation is 1. The van der Waals surface area contributed by atoms with Crippen molar-refractivity contribution in [2.45, 2.75) is 46.3 Å². The number of nitrogens with one attached hydrogen (secondary N) is 2. The van der Waals surface area contributed by atoms with E-state index in [4.69, 9.17) is 4.74 Å². The minimum absolute atomic E-state index is 0.155. The van der Waals surface area contributed by atoms with E-state index in [0.29, 0.717) is 18.8 Å². The molecule has 2 aromatic rings. The summed E-state index contributed by atoms with van der Waals surface area (Å²) in [5.74, 6) is 0. The Morgan fingerprint density at radius 1 is 1.03 bits per heavy atom. The van der Waals surface area contributed by atoms with E-state index in [0.717, 1.165) is 30.0 Å². The number of benzene rings is 1. The van der Waals surface area contributed by atoms with Gasteiger partial charge in [0.25, 0.3) is 0 Å². The van der Waals surface area contributed by atoms with Gasteiger partial charge in [-0.2, -0.15) is 0 Å². The van der Waals surface area contributed by atoms with Gasteiger partial charge in [0.05, 0.1) is 11.9 Å². The number of hydrogen-bond acceptors (Lipinski definition) is 5. The molecule has 1 aromatic carbocycles. The molecule has 1 aliphatic heterocycles. The summed E-state index contributed by atoms with van der Waals surface area (Å²) in [7, 11) is 0. The molecule has 0 aliphatic carbocycles. The summed E-state index contributed by atoms with van der Waals surface area (Å²) in [5.41, 5.74) is 2.87. The number of anilines is 2. The molecule has 1 aromatic heterocycles. The lowest BCUT2D eigenvalue weighted by atomic mass is 10.1. The summed E-state index contributed by atoms with van der Waals surface area (Å²) in [5, 5.41) is 5.67. The minimum Gasteiger partial charge on any atom is -0.444 e. The quantitative estimate of drug-likeness (QED) is 0.724. The zero-order valence-electron chi connectivity index (χ0n) is 19.5. The second-order valence-corrected chi connectivity index (χ2v) is 9.07. The molecule has 2 N–H and O–H groups in total. The number of rotatable bonds is 4. The highest BCUT2D eigenvalue weighted by Crippen LogP contribution is 2.25. The predicted octanol–water partition coefficient (Wildman–Crippen LogP) is 4.65. The van der Waals surface area contributed by atoms with Crippen LogP contribution < -0.4 is 10.6 Å². The van der Waals surface area contributed by atoms with E-state index in [1.165, 1.54) is 0 Å². The van der Waals surface area contributed by atoms with Gasteiger partial charge >= 0.3 is 12.1 Å². The van der Waals surface area contributed by atoms with E-state index in [-0.39, 0.29) is 18.2 Å². The minimum atomic E-state index is -0.489. The molecular weight excluding hydrogens is 406 g/mol. The van der Waals surface area contributed by atoms with Crippen molar-refractivity contribution in [3.63, 3.8) is 0 Å². The van der Waals surface area contributed by atoms with Crippen molar-refractivity contribution in [3.8, 4) is 0 Å². The highest BCUT2D eigenvalue weighted by atomic mass is 16.6. The predicted molar refractivity (Wildman–Crippen MR) is 126 cm³/mol. The van der Waals surface area contributed by atoms with Crippen LogP contribution >= 0.6 is 0 Å². The normalized spacial score (nSPS) is 15.7. The Morgan fingerprint density at radius 3 is 2.34 bits per heavy atom. The van der Waals surface area contributed by atoms with Crippen LogP contribution in [0.15, 0.2) is 42.6 Å². The fourth-order valence-electron chi connectivity index (χ4n) is 3.54. The number of aromatic nitrogens is 1. The standard InChI is InChI=1S/C24H33N5O3/c1-17-9-10-21(16-25-17)27-22(30)26-20-8-6-7-19(15-20)18(2)28-11-13-29(14-12-28)23(31)32-24(3,4)5/h6-10,15-16,18H,11-14H2,1-5H3,(H2,26,27,30)/t18-/m0/s1. The molecule has 3 amide bonds. The van der Waals surface area contributed by atoms with Gasteiger partial charge in [-0.05, 0) is 64.4 Å². The van der Waals surface area contributed by atoms with E-state index in [9.17, 15) is 9.59 Å². The van der Waals surface area contributed by atoms with Crippen LogP contribution in [0.25, 0.3) is 0 Å². The average molecular weight is 440 g/mol. The van der Waals surface area contributed by atoms with Gasteiger partial charge in [-0.3, -0.25) is 9.88 Å². The molecule has 1 saturated heterocycles. The van der Waals surface area contributed by atoms with Crippen LogP contribution in [0.1, 0.15) is 45.0 Å². The van der Waals surface area contributed by atoms with Crippen molar-refractivity contribution in [2.75, 3.05) is 36.8 Å². The van der Waals surface area contributed by atoms with Crippen LogP contribution in [0.5, 0.6) is 0 Å². The molecule has 0 spiro atoms. The Bertz CT molecular complexity index is 931. The Kier molecular flexibility index (Phi) is 7.35. The molecule has 0 unspecified atom stereocenters. The molecule has 3 rings (SSSR count). The Morgan fingerprint density at radius 2 is 1.72 bits per heavy atom. The van der Waals surface area contributed by atoms with Crippen molar-refractivity contribution in [2.24, 2.45) is 0 Å². The molecule has 1 aliphatic rings. The maximum absolute atomic E-state index is 12.3. The molecule has 2 heterocycles. The van der Waals surface area contributed by atoms with Crippen LogP contribution in [-0.2, 0) is 4.74 Å². The van der Waals surface area contributed by atoms with E-state index < -0.39 is 5.60 Å². The highest BCUT2D eigenvalue weighted by molar-refractivity contribution is 5.99. The summed E-state index contributed by atoms with van der Waals surface area (Å²) in [6.07, 6.45) is 1.37. The first kappa shape index (κ1) is 23.5. The van der Waals surface area contributed by atoms with E-state index in [2.05, 4.69) is 33.5 Å². The molecule has 1 fully saturated rings. The van der Waals surface area contributed by atoms with E-state index >= 15 is 0 Å². The largest absolute Gasteiger partial charge is 0.444 e.